The summed E-state index contributed by atoms with van der Waals surface area (Å²) in [6.45, 7) is 6.81. The Kier molecular flexibility index (Phi) is 8.49. The molecule has 5 heteroatoms. The van der Waals surface area contributed by atoms with E-state index < -0.39 is 0 Å². The second-order valence-corrected chi connectivity index (χ2v) is 7.67. The third-order valence-corrected chi connectivity index (χ3v) is 5.69. The van der Waals surface area contributed by atoms with E-state index in [0.717, 1.165) is 30.1 Å². The third-order valence-electron chi connectivity index (χ3n) is 4.65. The summed E-state index contributed by atoms with van der Waals surface area (Å²) in [5.74, 6) is 0.524. The van der Waals surface area contributed by atoms with Crippen LogP contribution in [0.5, 0.6) is 0 Å². The molecule has 1 amide bonds. The average Bonchev–Trinajstić information content (AvgIpc) is 3.01. The second-order valence-electron chi connectivity index (χ2n) is 6.70. The van der Waals surface area contributed by atoms with Gasteiger partial charge in [-0.3, -0.25) is 9.79 Å². The second kappa shape index (κ2) is 10.6. The summed E-state index contributed by atoms with van der Waals surface area (Å²) in [5.41, 5.74) is 2.32. The Morgan fingerprint density at radius 1 is 1.36 bits per heavy atom. The molecule has 1 fully saturated rings. The molecule has 0 spiro atoms. The van der Waals surface area contributed by atoms with E-state index in [9.17, 15) is 4.79 Å². The van der Waals surface area contributed by atoms with Gasteiger partial charge >= 0.3 is 0 Å². The third kappa shape index (κ3) is 6.83. The first-order valence-electron chi connectivity index (χ1n) is 9.31. The highest BCUT2D eigenvalue weighted by Crippen LogP contribution is 2.19. The van der Waals surface area contributed by atoms with Crippen molar-refractivity contribution in [1.82, 2.24) is 10.2 Å². The number of benzene rings is 1. The largest absolute Gasteiger partial charge is 0.355 e. The van der Waals surface area contributed by atoms with Gasteiger partial charge in [0, 0.05) is 24.7 Å². The molecule has 0 saturated carbocycles. The van der Waals surface area contributed by atoms with Crippen molar-refractivity contribution in [3.63, 3.8) is 0 Å². The Morgan fingerprint density at radius 2 is 2.12 bits per heavy atom. The number of nitrogens with one attached hydrogen (secondary N) is 1. The molecule has 0 radical (unpaired) electrons. The van der Waals surface area contributed by atoms with Gasteiger partial charge in [0.05, 0.1) is 10.8 Å². The van der Waals surface area contributed by atoms with Crippen LogP contribution in [0, 0.1) is 6.92 Å². The van der Waals surface area contributed by atoms with Crippen LogP contribution in [-0.4, -0.2) is 54.3 Å². The van der Waals surface area contributed by atoms with Crippen LogP contribution in [0.1, 0.15) is 43.7 Å². The molecule has 0 aromatic heterocycles. The predicted molar refractivity (Wildman–Crippen MR) is 109 cm³/mol. The van der Waals surface area contributed by atoms with Crippen LogP contribution in [0.2, 0.25) is 0 Å². The minimum Gasteiger partial charge on any atom is -0.355 e. The number of carbonyl (C=O) groups is 1. The standard InChI is InChI=1S/C20H31N3OS/c1-4-21-20(17-11-9-16(2)10-12-17)25-15-19(24)22-13-5-7-18-8-6-14-23(18)3/h9-12,18H,4-8,13-15H2,1-3H3,(H,22,24). The number of carbonyl (C=O) groups excluding carboxylic acids is 1. The summed E-state index contributed by atoms with van der Waals surface area (Å²) < 4.78 is 0. The highest BCUT2D eigenvalue weighted by atomic mass is 32.2. The summed E-state index contributed by atoms with van der Waals surface area (Å²) in [7, 11) is 2.20. The van der Waals surface area contributed by atoms with Gasteiger partial charge < -0.3 is 10.2 Å². The van der Waals surface area contributed by atoms with Gasteiger partial charge in [-0.2, -0.15) is 0 Å². The van der Waals surface area contributed by atoms with Gasteiger partial charge in [-0.25, -0.2) is 0 Å². The fraction of sp³-hybridized carbons (Fsp3) is 0.600. The number of rotatable bonds is 8. The van der Waals surface area contributed by atoms with Crippen molar-refractivity contribution >= 4 is 22.7 Å². The number of hydrogen-bond donors (Lipinski definition) is 1. The monoisotopic (exact) mass is 361 g/mol. The maximum absolute atomic E-state index is 12.1. The molecule has 1 N–H and O–H groups in total. The molecule has 0 bridgehead atoms. The van der Waals surface area contributed by atoms with Crippen LogP contribution in [0.3, 0.4) is 0 Å². The number of nitrogens with zero attached hydrogens (tertiary/aromatic N) is 2. The SMILES string of the molecule is CCN=C(SCC(=O)NCCCC1CCCN1C)c1ccc(C)cc1. The van der Waals surface area contributed by atoms with Crippen LogP contribution in [0.15, 0.2) is 29.3 Å². The number of amides is 1. The Labute approximate surface area is 156 Å². The molecule has 1 atom stereocenters. The summed E-state index contributed by atoms with van der Waals surface area (Å²) in [6, 6.07) is 9.03. The summed E-state index contributed by atoms with van der Waals surface area (Å²) in [6.07, 6.45) is 4.84. The van der Waals surface area contributed by atoms with E-state index in [2.05, 4.69) is 53.4 Å². The zero-order valence-electron chi connectivity index (χ0n) is 15.8. The number of hydrogen-bond acceptors (Lipinski definition) is 4. The van der Waals surface area contributed by atoms with Crippen LogP contribution >= 0.6 is 11.8 Å². The zero-order chi connectivity index (χ0) is 18.1. The van der Waals surface area contributed by atoms with Crippen molar-refractivity contribution < 1.29 is 4.79 Å². The maximum Gasteiger partial charge on any atom is 0.230 e. The van der Waals surface area contributed by atoms with E-state index in [-0.39, 0.29) is 5.91 Å². The Bertz CT molecular complexity index is 571. The van der Waals surface area contributed by atoms with Crippen LogP contribution in [-0.2, 0) is 4.79 Å². The van der Waals surface area contributed by atoms with E-state index in [1.54, 1.807) is 0 Å². The average molecular weight is 362 g/mol. The molecular weight excluding hydrogens is 330 g/mol. The lowest BCUT2D eigenvalue weighted by Gasteiger charge is -2.19. The Morgan fingerprint density at radius 3 is 2.76 bits per heavy atom. The predicted octanol–water partition coefficient (Wildman–Crippen LogP) is 3.49. The maximum atomic E-state index is 12.1. The van der Waals surface area contributed by atoms with Crippen molar-refractivity contribution in [3.05, 3.63) is 35.4 Å². The molecule has 138 valence electrons. The minimum atomic E-state index is 0.0979. The molecule has 1 aliphatic rings. The Balaban J connectivity index is 1.70. The first-order valence-corrected chi connectivity index (χ1v) is 10.3. The lowest BCUT2D eigenvalue weighted by atomic mass is 10.1. The Hall–Kier alpha value is -1.33. The van der Waals surface area contributed by atoms with E-state index >= 15 is 0 Å². The van der Waals surface area contributed by atoms with Crippen LogP contribution < -0.4 is 5.32 Å². The molecule has 1 heterocycles. The van der Waals surface area contributed by atoms with Gasteiger partial charge in [0.1, 0.15) is 0 Å². The minimum absolute atomic E-state index is 0.0979. The molecule has 25 heavy (non-hydrogen) atoms. The van der Waals surface area contributed by atoms with Crippen LogP contribution in [0.4, 0.5) is 0 Å². The number of aliphatic imine (C=N–C) groups is 1. The van der Waals surface area contributed by atoms with Gasteiger partial charge in [0.25, 0.3) is 0 Å². The molecule has 1 aromatic rings. The topological polar surface area (TPSA) is 44.7 Å². The van der Waals surface area contributed by atoms with E-state index in [1.807, 2.05) is 6.92 Å². The van der Waals surface area contributed by atoms with Gasteiger partial charge in [0.15, 0.2) is 0 Å². The molecule has 1 saturated heterocycles. The highest BCUT2D eigenvalue weighted by molar-refractivity contribution is 8.14. The highest BCUT2D eigenvalue weighted by Gasteiger charge is 2.19. The lowest BCUT2D eigenvalue weighted by Crippen LogP contribution is -2.29. The van der Waals surface area contributed by atoms with Crippen molar-refractivity contribution in [3.8, 4) is 0 Å². The van der Waals surface area contributed by atoms with E-state index in [1.165, 1.54) is 43.1 Å². The van der Waals surface area contributed by atoms with Gasteiger partial charge in [-0.05, 0) is 53.1 Å². The number of thioether (sulfide) groups is 1. The van der Waals surface area contributed by atoms with Crippen molar-refractivity contribution in [2.24, 2.45) is 4.99 Å². The van der Waals surface area contributed by atoms with Gasteiger partial charge in [-0.15, -0.1) is 0 Å². The van der Waals surface area contributed by atoms with Crippen molar-refractivity contribution in [2.45, 2.75) is 45.6 Å². The lowest BCUT2D eigenvalue weighted by molar-refractivity contribution is -0.118. The van der Waals surface area contributed by atoms with E-state index in [0.29, 0.717) is 11.8 Å². The van der Waals surface area contributed by atoms with Crippen molar-refractivity contribution in [1.29, 1.82) is 0 Å². The molecule has 1 unspecified atom stereocenters. The van der Waals surface area contributed by atoms with Gasteiger partial charge in [-0.1, -0.05) is 41.6 Å². The fourth-order valence-corrected chi connectivity index (χ4v) is 4.05. The summed E-state index contributed by atoms with van der Waals surface area (Å²) in [4.78, 5) is 19.1. The quantitative estimate of drug-likeness (QED) is 0.438. The number of likely N-dealkylation sites (tertiary alicyclic amines) is 1. The zero-order valence-corrected chi connectivity index (χ0v) is 16.6. The molecule has 1 aliphatic heterocycles. The normalized spacial score (nSPS) is 18.5. The van der Waals surface area contributed by atoms with Crippen molar-refractivity contribution in [2.75, 3.05) is 32.4 Å². The molecule has 4 nitrogen and oxygen atoms in total. The molecular formula is C20H31N3OS. The summed E-state index contributed by atoms with van der Waals surface area (Å²) in [5, 5.41) is 4.00. The molecule has 1 aromatic carbocycles. The fourth-order valence-electron chi connectivity index (χ4n) is 3.15. The molecule has 0 aliphatic carbocycles. The molecule has 2 rings (SSSR count). The smallest absolute Gasteiger partial charge is 0.230 e. The first-order chi connectivity index (χ1) is 12.1. The van der Waals surface area contributed by atoms with Crippen LogP contribution in [0.25, 0.3) is 0 Å². The van der Waals surface area contributed by atoms with Gasteiger partial charge in [0.2, 0.25) is 5.91 Å². The first kappa shape index (κ1) is 20.0. The number of aryl methyl sites for hydroxylation is 1. The summed E-state index contributed by atoms with van der Waals surface area (Å²) >= 11 is 1.53. The van der Waals surface area contributed by atoms with E-state index in [4.69, 9.17) is 0 Å².